The Morgan fingerprint density at radius 3 is 1.71 bits per heavy atom. The number of rotatable bonds is 0. The zero-order valence-electron chi connectivity index (χ0n) is 4.71. The third-order valence-electron chi connectivity index (χ3n) is 0.957. The van der Waals surface area contributed by atoms with Gasteiger partial charge in [-0.1, -0.05) is 22.6 Å². The summed E-state index contributed by atoms with van der Waals surface area (Å²) in [5.74, 6) is 0. The number of hydrogen-bond acceptors (Lipinski definition) is 1. The van der Waals surface area contributed by atoms with E-state index in [1.165, 1.54) is 25.9 Å². The summed E-state index contributed by atoms with van der Waals surface area (Å²) in [6, 6.07) is 0. The third-order valence-corrected chi connectivity index (χ3v) is 0.957. The minimum atomic E-state index is 1.25. The maximum absolute atomic E-state index is 3.22. The standard InChI is InChI=1S/C4H9N.CH3I/c1-2-4-5-3-1;1-2/h5H,1-4H2;1H3. The van der Waals surface area contributed by atoms with Gasteiger partial charge in [-0.25, -0.2) is 0 Å². The van der Waals surface area contributed by atoms with E-state index >= 15 is 0 Å². The molecule has 7 heavy (non-hydrogen) atoms. The van der Waals surface area contributed by atoms with Gasteiger partial charge in [0.1, 0.15) is 0 Å². The van der Waals surface area contributed by atoms with Gasteiger partial charge in [0.25, 0.3) is 0 Å². The largest absolute Gasteiger partial charge is 0.317 e. The molecule has 1 N–H and O–H groups in total. The lowest BCUT2D eigenvalue weighted by molar-refractivity contribution is 0.857. The Kier molecular flexibility index (Phi) is 7.35. The molecule has 0 saturated carbocycles. The molecule has 1 heterocycles. The van der Waals surface area contributed by atoms with E-state index in [0.29, 0.717) is 0 Å². The fraction of sp³-hybridized carbons (Fsp3) is 1.00. The van der Waals surface area contributed by atoms with E-state index in [1.807, 2.05) is 4.93 Å². The quantitative estimate of drug-likeness (QED) is 0.474. The zero-order chi connectivity index (χ0) is 5.54. The first kappa shape index (κ1) is 7.69. The SMILES string of the molecule is C1CCNC1.CI. The second-order valence-electron chi connectivity index (χ2n) is 1.46. The molecule has 0 aromatic rings. The monoisotopic (exact) mass is 213 g/mol. The second-order valence-corrected chi connectivity index (χ2v) is 1.46. The Bertz CT molecular complexity index is 19.7. The molecule has 0 unspecified atom stereocenters. The lowest BCUT2D eigenvalue weighted by atomic mass is 10.4. The average Bonchev–Trinajstić information content (AvgIpc) is 2.23. The first-order valence-electron chi connectivity index (χ1n) is 2.59. The molecule has 1 fully saturated rings. The molecule has 1 aliphatic heterocycles. The van der Waals surface area contributed by atoms with Crippen molar-refractivity contribution in [2.45, 2.75) is 12.8 Å². The van der Waals surface area contributed by atoms with E-state index in [1.54, 1.807) is 0 Å². The van der Waals surface area contributed by atoms with Crippen LogP contribution in [0.1, 0.15) is 12.8 Å². The lowest BCUT2D eigenvalue weighted by Crippen LogP contribution is -2.03. The van der Waals surface area contributed by atoms with E-state index in [-0.39, 0.29) is 0 Å². The summed E-state index contributed by atoms with van der Waals surface area (Å²) in [6.45, 7) is 2.50. The molecule has 0 amide bonds. The number of halogens is 1. The molecular formula is C5H12IN. The minimum absolute atomic E-state index is 1.25. The molecule has 0 spiro atoms. The molecule has 1 saturated heterocycles. The van der Waals surface area contributed by atoms with Crippen molar-refractivity contribution in [3.63, 3.8) is 0 Å². The average molecular weight is 213 g/mol. The summed E-state index contributed by atoms with van der Waals surface area (Å²) in [6.07, 6.45) is 2.78. The Labute approximate surface area is 59.0 Å². The van der Waals surface area contributed by atoms with Gasteiger partial charge in [0, 0.05) is 0 Å². The van der Waals surface area contributed by atoms with Gasteiger partial charge < -0.3 is 5.32 Å². The van der Waals surface area contributed by atoms with Crippen LogP contribution in [-0.2, 0) is 0 Å². The third kappa shape index (κ3) is 4.55. The van der Waals surface area contributed by atoms with Crippen LogP contribution in [0.15, 0.2) is 0 Å². The van der Waals surface area contributed by atoms with Crippen LogP contribution in [0.2, 0.25) is 0 Å². The maximum atomic E-state index is 3.22. The van der Waals surface area contributed by atoms with Crippen LogP contribution in [0.3, 0.4) is 0 Å². The summed E-state index contributed by atoms with van der Waals surface area (Å²) in [5.41, 5.74) is 0. The van der Waals surface area contributed by atoms with E-state index < -0.39 is 0 Å². The van der Waals surface area contributed by atoms with Crippen LogP contribution >= 0.6 is 22.6 Å². The predicted molar refractivity (Wildman–Crippen MR) is 42.0 cm³/mol. The van der Waals surface area contributed by atoms with Crippen LogP contribution in [0.4, 0.5) is 0 Å². The van der Waals surface area contributed by atoms with Gasteiger partial charge >= 0.3 is 0 Å². The highest BCUT2D eigenvalue weighted by Crippen LogP contribution is 1.90. The van der Waals surface area contributed by atoms with Crippen molar-refractivity contribution in [1.29, 1.82) is 0 Å². The van der Waals surface area contributed by atoms with Crippen LogP contribution in [-0.4, -0.2) is 18.0 Å². The Balaban J connectivity index is 0.000000162. The van der Waals surface area contributed by atoms with Gasteiger partial charge in [-0.15, -0.1) is 0 Å². The van der Waals surface area contributed by atoms with Crippen molar-refractivity contribution < 1.29 is 0 Å². The molecule has 0 atom stereocenters. The van der Waals surface area contributed by atoms with Gasteiger partial charge in [-0.3, -0.25) is 0 Å². The number of nitrogens with one attached hydrogen (secondary N) is 1. The van der Waals surface area contributed by atoms with Gasteiger partial charge in [0.2, 0.25) is 0 Å². The Hall–Kier alpha value is 0.690. The first-order chi connectivity index (χ1) is 3.50. The highest BCUT2D eigenvalue weighted by atomic mass is 127. The summed E-state index contributed by atoms with van der Waals surface area (Å²) >= 11 is 2.15. The summed E-state index contributed by atoms with van der Waals surface area (Å²) in [4.78, 5) is 1.97. The van der Waals surface area contributed by atoms with Crippen molar-refractivity contribution in [3.8, 4) is 0 Å². The van der Waals surface area contributed by atoms with Crippen molar-refractivity contribution in [2.75, 3.05) is 18.0 Å². The van der Waals surface area contributed by atoms with Crippen molar-refractivity contribution in [3.05, 3.63) is 0 Å². The molecule has 0 aliphatic carbocycles. The van der Waals surface area contributed by atoms with Crippen molar-refractivity contribution >= 4 is 22.6 Å². The van der Waals surface area contributed by atoms with E-state index in [4.69, 9.17) is 0 Å². The Morgan fingerprint density at radius 2 is 1.57 bits per heavy atom. The maximum Gasteiger partial charge on any atom is -0.00484 e. The molecule has 2 heteroatoms. The van der Waals surface area contributed by atoms with E-state index in [2.05, 4.69) is 27.9 Å². The fourth-order valence-electron chi connectivity index (χ4n) is 0.625. The van der Waals surface area contributed by atoms with Gasteiger partial charge in [-0.05, 0) is 30.9 Å². The van der Waals surface area contributed by atoms with Crippen LogP contribution < -0.4 is 5.32 Å². The molecule has 0 aromatic carbocycles. The molecule has 0 aromatic heterocycles. The normalized spacial score (nSPS) is 18.0. The summed E-state index contributed by atoms with van der Waals surface area (Å²) in [7, 11) is 0. The lowest BCUT2D eigenvalue weighted by Gasteiger charge is -1.76. The van der Waals surface area contributed by atoms with Crippen molar-refractivity contribution in [1.82, 2.24) is 5.32 Å². The van der Waals surface area contributed by atoms with E-state index in [9.17, 15) is 0 Å². The van der Waals surface area contributed by atoms with Crippen molar-refractivity contribution in [2.24, 2.45) is 0 Å². The molecule has 44 valence electrons. The predicted octanol–water partition coefficient (Wildman–Crippen LogP) is 1.42. The molecular weight excluding hydrogens is 201 g/mol. The molecule has 0 bridgehead atoms. The van der Waals surface area contributed by atoms with E-state index in [0.717, 1.165) is 0 Å². The van der Waals surface area contributed by atoms with Gasteiger partial charge in [0.15, 0.2) is 0 Å². The number of hydrogen-bond donors (Lipinski definition) is 1. The molecule has 1 aliphatic rings. The first-order valence-corrected chi connectivity index (χ1v) is 4.74. The second kappa shape index (κ2) is 6.69. The van der Waals surface area contributed by atoms with Crippen LogP contribution in [0.5, 0.6) is 0 Å². The summed E-state index contributed by atoms with van der Waals surface area (Å²) < 4.78 is 0. The highest BCUT2D eigenvalue weighted by molar-refractivity contribution is 14.1. The topological polar surface area (TPSA) is 12.0 Å². The van der Waals surface area contributed by atoms with Gasteiger partial charge in [-0.2, -0.15) is 0 Å². The van der Waals surface area contributed by atoms with Gasteiger partial charge in [0.05, 0.1) is 0 Å². The molecule has 1 nitrogen and oxygen atoms in total. The van der Waals surface area contributed by atoms with Crippen LogP contribution in [0, 0.1) is 0 Å². The summed E-state index contributed by atoms with van der Waals surface area (Å²) in [5, 5.41) is 3.22. The highest BCUT2D eigenvalue weighted by Gasteiger charge is 1.93. The molecule has 1 rings (SSSR count). The Morgan fingerprint density at radius 1 is 1.14 bits per heavy atom. The van der Waals surface area contributed by atoms with Crippen LogP contribution in [0.25, 0.3) is 0 Å². The minimum Gasteiger partial charge on any atom is -0.317 e. The molecule has 0 radical (unpaired) electrons. The smallest absolute Gasteiger partial charge is 0.00484 e. The zero-order valence-corrected chi connectivity index (χ0v) is 6.86. The number of alkyl halides is 1. The fourth-order valence-corrected chi connectivity index (χ4v) is 0.625.